The number of likely N-dealkylation sites (tertiary alicyclic amines) is 1. The molecular weight excluding hydrogens is 292 g/mol. The summed E-state index contributed by atoms with van der Waals surface area (Å²) in [4.78, 5) is 13.9. The van der Waals surface area contributed by atoms with Crippen molar-refractivity contribution in [1.82, 2.24) is 15.1 Å². The molecule has 1 aromatic heterocycles. The molecule has 2 N–H and O–H groups in total. The summed E-state index contributed by atoms with van der Waals surface area (Å²) < 4.78 is 5.43. The number of anilines is 1. The molecule has 3 rings (SSSR count). The van der Waals surface area contributed by atoms with Crippen LogP contribution in [-0.4, -0.2) is 45.9 Å². The molecule has 1 aliphatic rings. The molecule has 6 heteroatoms. The Morgan fingerprint density at radius 2 is 2.09 bits per heavy atom. The Morgan fingerprint density at radius 1 is 1.35 bits per heavy atom. The van der Waals surface area contributed by atoms with Gasteiger partial charge in [0.1, 0.15) is 5.60 Å². The number of amides is 1. The molecule has 124 valence electrons. The molecular formula is C17H24N4O2. The molecule has 0 saturated carbocycles. The molecule has 1 saturated heterocycles. The van der Waals surface area contributed by atoms with Crippen molar-refractivity contribution in [2.45, 2.75) is 45.3 Å². The van der Waals surface area contributed by atoms with Crippen molar-refractivity contribution in [3.05, 3.63) is 24.4 Å². The minimum absolute atomic E-state index is 0.212. The van der Waals surface area contributed by atoms with Gasteiger partial charge in [0.25, 0.3) is 0 Å². The number of hydrogen-bond acceptors (Lipinski definition) is 4. The predicted octanol–water partition coefficient (Wildman–Crippen LogP) is 3.37. The highest BCUT2D eigenvalue weighted by molar-refractivity contribution is 5.81. The third-order valence-corrected chi connectivity index (χ3v) is 3.96. The van der Waals surface area contributed by atoms with Crippen LogP contribution in [0.5, 0.6) is 0 Å². The SMILES string of the molecule is CC(C)(C)OC(=O)N1CCC(Nc2ccc3[nH]ncc3c2)CC1. The number of ether oxygens (including phenoxy) is 1. The molecule has 0 aliphatic carbocycles. The number of nitrogens with one attached hydrogen (secondary N) is 2. The molecule has 0 atom stereocenters. The third-order valence-electron chi connectivity index (χ3n) is 3.96. The fourth-order valence-electron chi connectivity index (χ4n) is 2.80. The van der Waals surface area contributed by atoms with Crippen molar-refractivity contribution >= 4 is 22.7 Å². The first-order valence-electron chi connectivity index (χ1n) is 8.08. The van der Waals surface area contributed by atoms with Gasteiger partial charge in [-0.3, -0.25) is 5.10 Å². The van der Waals surface area contributed by atoms with E-state index in [0.29, 0.717) is 6.04 Å². The second kappa shape index (κ2) is 6.10. The minimum atomic E-state index is -0.438. The molecule has 0 spiro atoms. The second-order valence-electron chi connectivity index (χ2n) is 7.06. The molecule has 1 aromatic carbocycles. The van der Waals surface area contributed by atoms with Crippen molar-refractivity contribution in [3.63, 3.8) is 0 Å². The van der Waals surface area contributed by atoms with Gasteiger partial charge in [0.15, 0.2) is 0 Å². The maximum atomic E-state index is 12.1. The molecule has 2 aromatic rings. The summed E-state index contributed by atoms with van der Waals surface area (Å²) in [6.45, 7) is 7.13. The molecule has 0 radical (unpaired) electrons. The first kappa shape index (κ1) is 15.6. The summed E-state index contributed by atoms with van der Waals surface area (Å²) in [5.74, 6) is 0. The lowest BCUT2D eigenvalue weighted by Crippen LogP contribution is -2.44. The lowest BCUT2D eigenvalue weighted by molar-refractivity contribution is 0.0210. The quantitative estimate of drug-likeness (QED) is 0.891. The van der Waals surface area contributed by atoms with E-state index in [9.17, 15) is 4.79 Å². The zero-order valence-corrected chi connectivity index (χ0v) is 13.9. The van der Waals surface area contributed by atoms with Crippen LogP contribution in [0.1, 0.15) is 33.6 Å². The van der Waals surface area contributed by atoms with Crippen LogP contribution in [0.3, 0.4) is 0 Å². The fourth-order valence-corrected chi connectivity index (χ4v) is 2.80. The molecule has 0 unspecified atom stereocenters. The number of rotatable bonds is 2. The van der Waals surface area contributed by atoms with Gasteiger partial charge in [-0.05, 0) is 51.8 Å². The van der Waals surface area contributed by atoms with E-state index < -0.39 is 5.60 Å². The first-order valence-corrected chi connectivity index (χ1v) is 8.08. The maximum Gasteiger partial charge on any atom is 0.410 e. The molecule has 1 fully saturated rings. The van der Waals surface area contributed by atoms with Crippen molar-refractivity contribution in [1.29, 1.82) is 0 Å². The zero-order chi connectivity index (χ0) is 16.4. The van der Waals surface area contributed by atoms with Crippen LogP contribution < -0.4 is 5.32 Å². The zero-order valence-electron chi connectivity index (χ0n) is 13.9. The van der Waals surface area contributed by atoms with Crippen LogP contribution in [0.15, 0.2) is 24.4 Å². The molecule has 2 heterocycles. The van der Waals surface area contributed by atoms with E-state index in [0.717, 1.165) is 42.5 Å². The highest BCUT2D eigenvalue weighted by Crippen LogP contribution is 2.21. The predicted molar refractivity (Wildman–Crippen MR) is 90.5 cm³/mol. The Hall–Kier alpha value is -2.24. The van der Waals surface area contributed by atoms with Crippen LogP contribution in [0.4, 0.5) is 10.5 Å². The van der Waals surface area contributed by atoms with E-state index in [2.05, 4.69) is 27.6 Å². The van der Waals surface area contributed by atoms with Crippen LogP contribution in [0.2, 0.25) is 0 Å². The lowest BCUT2D eigenvalue weighted by Gasteiger charge is -2.34. The number of piperidine rings is 1. The Labute approximate surface area is 136 Å². The van der Waals surface area contributed by atoms with Crippen LogP contribution >= 0.6 is 0 Å². The first-order chi connectivity index (χ1) is 10.9. The number of carbonyl (C=O) groups is 1. The fraction of sp³-hybridized carbons (Fsp3) is 0.529. The van der Waals surface area contributed by atoms with E-state index in [-0.39, 0.29) is 6.09 Å². The van der Waals surface area contributed by atoms with Crippen LogP contribution in [0, 0.1) is 0 Å². The van der Waals surface area contributed by atoms with E-state index in [1.54, 1.807) is 4.90 Å². The molecule has 1 amide bonds. The van der Waals surface area contributed by atoms with Gasteiger partial charge in [0, 0.05) is 30.2 Å². The number of aromatic nitrogens is 2. The average Bonchev–Trinajstić information content (AvgIpc) is 2.94. The summed E-state index contributed by atoms with van der Waals surface area (Å²) in [6.07, 6.45) is 3.45. The monoisotopic (exact) mass is 316 g/mol. The van der Waals surface area contributed by atoms with Gasteiger partial charge in [-0.15, -0.1) is 0 Å². The van der Waals surface area contributed by atoms with Crippen molar-refractivity contribution in [3.8, 4) is 0 Å². The van der Waals surface area contributed by atoms with Crippen molar-refractivity contribution in [2.24, 2.45) is 0 Å². The number of fused-ring (bicyclic) bond motifs is 1. The summed E-state index contributed by atoms with van der Waals surface area (Å²) in [6, 6.07) is 6.55. The summed E-state index contributed by atoms with van der Waals surface area (Å²) in [5, 5.41) is 11.6. The molecule has 23 heavy (non-hydrogen) atoms. The van der Waals surface area contributed by atoms with Crippen LogP contribution in [-0.2, 0) is 4.74 Å². The third kappa shape index (κ3) is 3.94. The number of carbonyl (C=O) groups excluding carboxylic acids is 1. The number of aromatic amines is 1. The minimum Gasteiger partial charge on any atom is -0.444 e. The van der Waals surface area contributed by atoms with Gasteiger partial charge in [-0.1, -0.05) is 0 Å². The number of benzene rings is 1. The molecule has 6 nitrogen and oxygen atoms in total. The Morgan fingerprint density at radius 3 is 2.78 bits per heavy atom. The van der Waals surface area contributed by atoms with Gasteiger partial charge in [0.2, 0.25) is 0 Å². The summed E-state index contributed by atoms with van der Waals surface area (Å²) in [7, 11) is 0. The molecule has 1 aliphatic heterocycles. The largest absolute Gasteiger partial charge is 0.444 e. The van der Waals surface area contributed by atoms with E-state index in [4.69, 9.17) is 4.74 Å². The highest BCUT2D eigenvalue weighted by Gasteiger charge is 2.26. The molecule has 0 bridgehead atoms. The Balaban J connectivity index is 1.53. The average molecular weight is 316 g/mol. The van der Waals surface area contributed by atoms with Gasteiger partial charge >= 0.3 is 6.09 Å². The highest BCUT2D eigenvalue weighted by atomic mass is 16.6. The summed E-state index contributed by atoms with van der Waals surface area (Å²) in [5.41, 5.74) is 1.69. The van der Waals surface area contributed by atoms with E-state index in [1.807, 2.05) is 33.0 Å². The van der Waals surface area contributed by atoms with Crippen LogP contribution in [0.25, 0.3) is 10.9 Å². The van der Waals surface area contributed by atoms with Crippen molar-refractivity contribution in [2.75, 3.05) is 18.4 Å². The van der Waals surface area contributed by atoms with E-state index in [1.165, 1.54) is 0 Å². The van der Waals surface area contributed by atoms with E-state index >= 15 is 0 Å². The van der Waals surface area contributed by atoms with Crippen molar-refractivity contribution < 1.29 is 9.53 Å². The summed E-state index contributed by atoms with van der Waals surface area (Å²) >= 11 is 0. The smallest absolute Gasteiger partial charge is 0.410 e. The van der Waals surface area contributed by atoms with Gasteiger partial charge in [-0.2, -0.15) is 5.10 Å². The van der Waals surface area contributed by atoms with Gasteiger partial charge in [0.05, 0.1) is 11.7 Å². The number of hydrogen-bond donors (Lipinski definition) is 2. The standard InChI is InChI=1S/C17H24N4O2/c1-17(2,3)23-16(22)21-8-6-13(7-9-21)19-14-4-5-15-12(10-14)11-18-20-15/h4-5,10-11,13,19H,6-9H2,1-3H3,(H,18,20). The number of H-pyrrole nitrogens is 1. The lowest BCUT2D eigenvalue weighted by atomic mass is 10.0. The normalized spacial score (nSPS) is 16.6. The van der Waals surface area contributed by atoms with Gasteiger partial charge < -0.3 is 15.0 Å². The maximum absolute atomic E-state index is 12.1. The second-order valence-corrected chi connectivity index (χ2v) is 7.06. The Kier molecular flexibility index (Phi) is 4.15. The Bertz CT molecular complexity index is 681. The number of nitrogens with zero attached hydrogens (tertiary/aromatic N) is 2. The van der Waals surface area contributed by atoms with Gasteiger partial charge in [-0.25, -0.2) is 4.79 Å². The topological polar surface area (TPSA) is 70.2 Å².